The van der Waals surface area contributed by atoms with E-state index >= 15 is 0 Å². The van der Waals surface area contributed by atoms with Crippen LogP contribution in [0.5, 0.6) is 0 Å². The molecule has 0 aliphatic rings. The highest BCUT2D eigenvalue weighted by atomic mass is 16.5. The standard InChI is InChI=1S/C16H28N2O2/c1-13(12-20-5)18(10-11-19-4)16-8-6-15(7-9-16)14(2)17-3/h6-9,13-14,17H,10-12H2,1-5H3. The Hall–Kier alpha value is -1.10. The molecule has 1 aromatic carbocycles. The number of nitrogens with one attached hydrogen (secondary N) is 1. The molecule has 0 saturated heterocycles. The van der Waals surface area contributed by atoms with Gasteiger partial charge in [-0.15, -0.1) is 0 Å². The highest BCUT2D eigenvalue weighted by molar-refractivity contribution is 5.49. The predicted octanol–water partition coefficient (Wildman–Crippen LogP) is 2.45. The van der Waals surface area contributed by atoms with Crippen LogP contribution < -0.4 is 10.2 Å². The molecule has 0 heterocycles. The van der Waals surface area contributed by atoms with Crippen molar-refractivity contribution in [3.8, 4) is 0 Å². The normalized spacial score (nSPS) is 14.1. The van der Waals surface area contributed by atoms with Crippen molar-refractivity contribution in [3.05, 3.63) is 29.8 Å². The smallest absolute Gasteiger partial charge is 0.0663 e. The summed E-state index contributed by atoms with van der Waals surface area (Å²) in [6, 6.07) is 9.39. The zero-order valence-corrected chi connectivity index (χ0v) is 13.3. The summed E-state index contributed by atoms with van der Waals surface area (Å²) in [4.78, 5) is 2.32. The summed E-state index contributed by atoms with van der Waals surface area (Å²) >= 11 is 0. The lowest BCUT2D eigenvalue weighted by Crippen LogP contribution is -2.38. The lowest BCUT2D eigenvalue weighted by molar-refractivity contribution is 0.171. The van der Waals surface area contributed by atoms with E-state index in [1.165, 1.54) is 11.3 Å². The van der Waals surface area contributed by atoms with Crippen molar-refractivity contribution in [1.29, 1.82) is 0 Å². The molecule has 4 heteroatoms. The Balaban J connectivity index is 2.84. The third-order valence-electron chi connectivity index (χ3n) is 3.63. The fraction of sp³-hybridized carbons (Fsp3) is 0.625. The highest BCUT2D eigenvalue weighted by Crippen LogP contribution is 2.21. The summed E-state index contributed by atoms with van der Waals surface area (Å²) in [5, 5.41) is 3.25. The van der Waals surface area contributed by atoms with E-state index < -0.39 is 0 Å². The number of hydrogen-bond acceptors (Lipinski definition) is 4. The molecule has 0 fully saturated rings. The van der Waals surface area contributed by atoms with Gasteiger partial charge in [0.15, 0.2) is 0 Å². The van der Waals surface area contributed by atoms with Crippen LogP contribution >= 0.6 is 0 Å². The second kappa shape index (κ2) is 8.95. The topological polar surface area (TPSA) is 33.7 Å². The van der Waals surface area contributed by atoms with Crippen LogP contribution in [0.4, 0.5) is 5.69 Å². The monoisotopic (exact) mass is 280 g/mol. The molecule has 4 nitrogen and oxygen atoms in total. The molecule has 2 unspecified atom stereocenters. The molecule has 20 heavy (non-hydrogen) atoms. The first kappa shape index (κ1) is 17.0. The van der Waals surface area contributed by atoms with Crippen LogP contribution in [0.1, 0.15) is 25.5 Å². The van der Waals surface area contributed by atoms with Gasteiger partial charge in [-0.2, -0.15) is 0 Å². The molecular formula is C16H28N2O2. The average Bonchev–Trinajstić information content (AvgIpc) is 2.48. The van der Waals surface area contributed by atoms with Gasteiger partial charge in [0.25, 0.3) is 0 Å². The SMILES string of the molecule is CNC(C)c1ccc(N(CCOC)C(C)COC)cc1. The summed E-state index contributed by atoms with van der Waals surface area (Å²) in [5.74, 6) is 0. The molecule has 0 aliphatic heterocycles. The molecule has 2 atom stereocenters. The van der Waals surface area contributed by atoms with Gasteiger partial charge in [-0.3, -0.25) is 0 Å². The van der Waals surface area contributed by atoms with E-state index in [-0.39, 0.29) is 0 Å². The fourth-order valence-corrected chi connectivity index (χ4v) is 2.25. The zero-order chi connectivity index (χ0) is 15.0. The first-order valence-corrected chi connectivity index (χ1v) is 7.15. The summed E-state index contributed by atoms with van der Waals surface area (Å²) in [7, 11) is 5.45. The summed E-state index contributed by atoms with van der Waals surface area (Å²) in [6.45, 7) is 6.61. The largest absolute Gasteiger partial charge is 0.383 e. The van der Waals surface area contributed by atoms with Gasteiger partial charge in [-0.1, -0.05) is 12.1 Å². The third kappa shape index (κ3) is 4.78. The van der Waals surface area contributed by atoms with E-state index in [2.05, 4.69) is 48.3 Å². The fourth-order valence-electron chi connectivity index (χ4n) is 2.25. The van der Waals surface area contributed by atoms with Crippen LogP contribution in [0, 0.1) is 0 Å². The van der Waals surface area contributed by atoms with Crippen LogP contribution in [0.2, 0.25) is 0 Å². The van der Waals surface area contributed by atoms with Crippen LogP contribution in [0.25, 0.3) is 0 Å². The molecule has 1 N–H and O–H groups in total. The summed E-state index contributed by atoms with van der Waals surface area (Å²) in [5.41, 5.74) is 2.50. The Bertz CT molecular complexity index is 367. The van der Waals surface area contributed by atoms with Crippen LogP contribution in [0.3, 0.4) is 0 Å². The number of hydrogen-bond donors (Lipinski definition) is 1. The van der Waals surface area contributed by atoms with Crippen molar-refractivity contribution in [2.24, 2.45) is 0 Å². The number of benzene rings is 1. The molecule has 0 saturated carbocycles. The van der Waals surface area contributed by atoms with Crippen molar-refractivity contribution in [3.63, 3.8) is 0 Å². The molecule has 1 aromatic rings. The Morgan fingerprint density at radius 3 is 2.25 bits per heavy atom. The van der Waals surface area contributed by atoms with Crippen LogP contribution in [0.15, 0.2) is 24.3 Å². The van der Waals surface area contributed by atoms with E-state index in [0.29, 0.717) is 25.3 Å². The van der Waals surface area contributed by atoms with E-state index in [1.807, 2.05) is 7.05 Å². The Kier molecular flexibility index (Phi) is 7.59. The maximum Gasteiger partial charge on any atom is 0.0663 e. The molecule has 0 radical (unpaired) electrons. The quantitative estimate of drug-likeness (QED) is 0.753. The Morgan fingerprint density at radius 2 is 1.75 bits per heavy atom. The molecule has 0 aliphatic carbocycles. The molecule has 114 valence electrons. The van der Waals surface area contributed by atoms with E-state index in [1.54, 1.807) is 14.2 Å². The van der Waals surface area contributed by atoms with E-state index in [4.69, 9.17) is 9.47 Å². The van der Waals surface area contributed by atoms with Crippen LogP contribution in [-0.2, 0) is 9.47 Å². The molecule has 0 bridgehead atoms. The van der Waals surface area contributed by atoms with Crippen molar-refractivity contribution in [2.45, 2.75) is 25.9 Å². The van der Waals surface area contributed by atoms with Gasteiger partial charge in [0.1, 0.15) is 0 Å². The summed E-state index contributed by atoms with van der Waals surface area (Å²) < 4.78 is 10.5. The van der Waals surface area contributed by atoms with Gasteiger partial charge >= 0.3 is 0 Å². The number of rotatable bonds is 9. The molecule has 1 rings (SSSR count). The number of nitrogens with zero attached hydrogens (tertiary/aromatic N) is 1. The first-order chi connectivity index (χ1) is 9.63. The third-order valence-corrected chi connectivity index (χ3v) is 3.63. The molecule has 0 aromatic heterocycles. The van der Waals surface area contributed by atoms with Crippen molar-refractivity contribution < 1.29 is 9.47 Å². The minimum absolute atomic E-state index is 0.322. The first-order valence-electron chi connectivity index (χ1n) is 7.15. The average molecular weight is 280 g/mol. The van der Waals surface area contributed by atoms with Crippen LogP contribution in [-0.4, -0.2) is 47.1 Å². The van der Waals surface area contributed by atoms with Crippen molar-refractivity contribution in [2.75, 3.05) is 45.9 Å². The van der Waals surface area contributed by atoms with E-state index in [0.717, 1.165) is 6.54 Å². The van der Waals surface area contributed by atoms with E-state index in [9.17, 15) is 0 Å². The molecular weight excluding hydrogens is 252 g/mol. The Labute approximate surface area is 123 Å². The summed E-state index contributed by atoms with van der Waals surface area (Å²) in [6.07, 6.45) is 0. The van der Waals surface area contributed by atoms with Gasteiger partial charge in [-0.05, 0) is 38.6 Å². The van der Waals surface area contributed by atoms with Gasteiger partial charge in [0, 0.05) is 38.5 Å². The minimum atomic E-state index is 0.322. The predicted molar refractivity (Wildman–Crippen MR) is 84.5 cm³/mol. The zero-order valence-electron chi connectivity index (χ0n) is 13.3. The molecule has 0 amide bonds. The van der Waals surface area contributed by atoms with Gasteiger partial charge < -0.3 is 19.7 Å². The Morgan fingerprint density at radius 1 is 1.10 bits per heavy atom. The molecule has 0 spiro atoms. The maximum atomic E-state index is 5.27. The highest BCUT2D eigenvalue weighted by Gasteiger charge is 2.14. The second-order valence-corrected chi connectivity index (χ2v) is 5.09. The van der Waals surface area contributed by atoms with Gasteiger partial charge in [0.2, 0.25) is 0 Å². The lowest BCUT2D eigenvalue weighted by atomic mass is 10.1. The second-order valence-electron chi connectivity index (χ2n) is 5.09. The minimum Gasteiger partial charge on any atom is -0.383 e. The van der Waals surface area contributed by atoms with Gasteiger partial charge in [-0.25, -0.2) is 0 Å². The maximum absolute atomic E-state index is 5.27. The van der Waals surface area contributed by atoms with Gasteiger partial charge in [0.05, 0.1) is 13.2 Å². The van der Waals surface area contributed by atoms with Crippen molar-refractivity contribution in [1.82, 2.24) is 5.32 Å². The number of ether oxygens (including phenoxy) is 2. The number of anilines is 1. The lowest BCUT2D eigenvalue weighted by Gasteiger charge is -2.31. The number of methoxy groups -OCH3 is 2. The van der Waals surface area contributed by atoms with Crippen molar-refractivity contribution >= 4 is 5.69 Å².